The Kier molecular flexibility index (Phi) is 10.7. The van der Waals surface area contributed by atoms with Crippen LogP contribution >= 0.6 is 0 Å². The van der Waals surface area contributed by atoms with Crippen molar-refractivity contribution in [3.63, 3.8) is 0 Å². The van der Waals surface area contributed by atoms with Gasteiger partial charge in [0.05, 0.1) is 13.2 Å². The van der Waals surface area contributed by atoms with Crippen molar-refractivity contribution in [1.29, 1.82) is 0 Å². The highest BCUT2D eigenvalue weighted by Crippen LogP contribution is 2.35. The van der Waals surface area contributed by atoms with Gasteiger partial charge in [-0.15, -0.1) is 0 Å². The highest BCUT2D eigenvalue weighted by Gasteiger charge is 2.19. The lowest BCUT2D eigenvalue weighted by Crippen LogP contribution is -2.07. The van der Waals surface area contributed by atoms with Crippen LogP contribution in [-0.2, 0) is 22.7 Å². The molecule has 0 saturated heterocycles. The van der Waals surface area contributed by atoms with Crippen LogP contribution in [0, 0.1) is 0 Å². The fraction of sp³-hybridized carbons (Fsp3) is 0.182. The summed E-state index contributed by atoms with van der Waals surface area (Å²) in [5.41, 5.74) is 2.76. The Labute approximate surface area is 234 Å². The van der Waals surface area contributed by atoms with Gasteiger partial charge in [0.1, 0.15) is 41.8 Å². The zero-order valence-electron chi connectivity index (χ0n) is 22.3. The molecule has 0 spiro atoms. The molecule has 0 atom stereocenters. The second-order valence-corrected chi connectivity index (χ2v) is 8.79. The zero-order valence-corrected chi connectivity index (χ0v) is 22.3. The average molecular weight is 541 g/mol. The predicted octanol–water partition coefficient (Wildman–Crippen LogP) is 6.45. The molecule has 4 rings (SSSR count). The van der Waals surface area contributed by atoms with Crippen LogP contribution < -0.4 is 14.2 Å². The van der Waals surface area contributed by atoms with Gasteiger partial charge in [-0.1, -0.05) is 78.9 Å². The van der Waals surface area contributed by atoms with Gasteiger partial charge < -0.3 is 28.8 Å². The van der Waals surface area contributed by atoms with E-state index < -0.39 is 5.78 Å². The molecule has 0 aliphatic rings. The summed E-state index contributed by atoms with van der Waals surface area (Å²) in [7, 11) is 1.61. The lowest BCUT2D eigenvalue weighted by Gasteiger charge is -2.14. The lowest BCUT2D eigenvalue weighted by molar-refractivity contribution is -0.00847. The number of hydrogen-bond donors (Lipinski definition) is 1. The lowest BCUT2D eigenvalue weighted by atomic mass is 10.1. The molecule has 0 fully saturated rings. The number of ether oxygens (including phenoxy) is 5. The summed E-state index contributed by atoms with van der Waals surface area (Å²) in [5, 5.41) is 10.9. The van der Waals surface area contributed by atoms with Gasteiger partial charge in [0, 0.05) is 19.2 Å². The summed E-state index contributed by atoms with van der Waals surface area (Å²) in [6.07, 6.45) is 3.07. The Balaban J connectivity index is 1.47. The minimum atomic E-state index is -0.401. The van der Waals surface area contributed by atoms with Crippen molar-refractivity contribution < 1.29 is 33.6 Å². The molecule has 40 heavy (non-hydrogen) atoms. The topological polar surface area (TPSA) is 83.5 Å². The Morgan fingerprint density at radius 2 is 1.40 bits per heavy atom. The highest BCUT2D eigenvalue weighted by atomic mass is 16.7. The molecule has 0 heterocycles. The summed E-state index contributed by atoms with van der Waals surface area (Å²) >= 11 is 0. The SMILES string of the molecule is COCCOCOc1ccc(/C=C/C(=O)c2c(O)cc(OCc3ccccc3)cc2OCc2ccccc2)cc1. The summed E-state index contributed by atoms with van der Waals surface area (Å²) < 4.78 is 27.7. The van der Waals surface area contributed by atoms with Gasteiger partial charge in [-0.05, 0) is 34.9 Å². The number of rotatable bonds is 15. The third-order valence-corrected chi connectivity index (χ3v) is 5.83. The number of ketones is 1. The number of methoxy groups -OCH3 is 1. The van der Waals surface area contributed by atoms with Crippen molar-refractivity contribution in [2.45, 2.75) is 13.2 Å². The van der Waals surface area contributed by atoms with Crippen molar-refractivity contribution in [3.05, 3.63) is 125 Å². The van der Waals surface area contributed by atoms with E-state index in [0.717, 1.165) is 16.7 Å². The third kappa shape index (κ3) is 8.73. The molecule has 206 valence electrons. The van der Waals surface area contributed by atoms with Crippen molar-refractivity contribution in [2.75, 3.05) is 27.1 Å². The Hall–Kier alpha value is -4.59. The van der Waals surface area contributed by atoms with Gasteiger partial charge in [-0.3, -0.25) is 4.79 Å². The number of phenolic OH excluding ortho intramolecular Hbond substituents is 1. The summed E-state index contributed by atoms with van der Waals surface area (Å²) in [6, 6.07) is 29.6. The first-order valence-corrected chi connectivity index (χ1v) is 12.8. The first kappa shape index (κ1) is 28.4. The molecule has 0 radical (unpaired) electrons. The van der Waals surface area contributed by atoms with E-state index >= 15 is 0 Å². The molecule has 0 aromatic heterocycles. The highest BCUT2D eigenvalue weighted by molar-refractivity contribution is 6.10. The van der Waals surface area contributed by atoms with Crippen LogP contribution in [0.15, 0.2) is 103 Å². The number of allylic oxidation sites excluding steroid dienone is 1. The maximum absolute atomic E-state index is 13.2. The van der Waals surface area contributed by atoms with E-state index in [4.69, 9.17) is 23.7 Å². The van der Waals surface area contributed by atoms with Gasteiger partial charge in [0.2, 0.25) is 0 Å². The van der Waals surface area contributed by atoms with Crippen molar-refractivity contribution in [2.24, 2.45) is 0 Å². The van der Waals surface area contributed by atoms with Crippen LogP contribution in [0.1, 0.15) is 27.0 Å². The van der Waals surface area contributed by atoms with Crippen LogP contribution in [0.5, 0.6) is 23.0 Å². The van der Waals surface area contributed by atoms with E-state index in [-0.39, 0.29) is 30.5 Å². The number of carbonyl (C=O) groups excluding carboxylic acids is 1. The van der Waals surface area contributed by atoms with Crippen molar-refractivity contribution in [1.82, 2.24) is 0 Å². The van der Waals surface area contributed by atoms with Crippen LogP contribution in [0.25, 0.3) is 6.08 Å². The van der Waals surface area contributed by atoms with E-state index in [1.165, 1.54) is 12.1 Å². The molecule has 4 aromatic rings. The molecular weight excluding hydrogens is 508 g/mol. The second-order valence-electron chi connectivity index (χ2n) is 8.79. The standard InChI is InChI=1S/C33H32O7/c1-36-18-19-37-24-40-28-15-12-25(13-16-28)14-17-30(34)33-31(35)20-29(38-22-26-8-4-2-5-9-26)21-32(33)39-23-27-10-6-3-7-11-27/h2-17,20-21,35H,18-19,22-24H2,1H3/b17-14+. The quantitative estimate of drug-likeness (QED) is 0.0803. The Morgan fingerprint density at radius 1 is 0.750 bits per heavy atom. The monoisotopic (exact) mass is 540 g/mol. The fourth-order valence-electron chi connectivity index (χ4n) is 3.74. The number of phenols is 1. The molecule has 0 aliphatic carbocycles. The van der Waals surface area contributed by atoms with Gasteiger partial charge in [0.15, 0.2) is 12.6 Å². The summed E-state index contributed by atoms with van der Waals surface area (Å²) in [6.45, 7) is 1.60. The predicted molar refractivity (Wildman–Crippen MR) is 153 cm³/mol. The van der Waals surface area contributed by atoms with Crippen LogP contribution in [-0.4, -0.2) is 38.0 Å². The zero-order chi connectivity index (χ0) is 28.0. The molecule has 0 aliphatic heterocycles. The van der Waals surface area contributed by atoms with Crippen LogP contribution in [0.4, 0.5) is 0 Å². The number of benzene rings is 4. The Morgan fingerprint density at radius 3 is 2.05 bits per heavy atom. The molecule has 7 heteroatoms. The fourth-order valence-corrected chi connectivity index (χ4v) is 3.74. The Bertz CT molecular complexity index is 1370. The van der Waals surface area contributed by atoms with E-state index in [1.807, 2.05) is 72.8 Å². The van der Waals surface area contributed by atoms with Crippen molar-refractivity contribution in [3.8, 4) is 23.0 Å². The van der Waals surface area contributed by atoms with E-state index in [1.54, 1.807) is 31.4 Å². The minimum Gasteiger partial charge on any atom is -0.507 e. The third-order valence-electron chi connectivity index (χ3n) is 5.83. The van der Waals surface area contributed by atoms with Gasteiger partial charge in [-0.25, -0.2) is 0 Å². The maximum Gasteiger partial charge on any atom is 0.193 e. The van der Waals surface area contributed by atoms with Crippen LogP contribution in [0.3, 0.4) is 0 Å². The molecule has 0 amide bonds. The first-order valence-electron chi connectivity index (χ1n) is 12.8. The molecular formula is C33H32O7. The molecule has 0 saturated carbocycles. The molecule has 0 bridgehead atoms. The average Bonchev–Trinajstić information content (AvgIpc) is 2.99. The van der Waals surface area contributed by atoms with Gasteiger partial charge in [-0.2, -0.15) is 0 Å². The van der Waals surface area contributed by atoms with E-state index in [0.29, 0.717) is 31.3 Å². The summed E-state index contributed by atoms with van der Waals surface area (Å²) in [5.74, 6) is 0.647. The number of carbonyl (C=O) groups is 1. The molecule has 0 unspecified atom stereocenters. The van der Waals surface area contributed by atoms with Gasteiger partial charge >= 0.3 is 0 Å². The van der Waals surface area contributed by atoms with Crippen molar-refractivity contribution >= 4 is 11.9 Å². The smallest absolute Gasteiger partial charge is 0.193 e. The molecule has 4 aromatic carbocycles. The summed E-state index contributed by atoms with van der Waals surface area (Å²) in [4.78, 5) is 13.2. The number of hydrogen-bond acceptors (Lipinski definition) is 7. The largest absolute Gasteiger partial charge is 0.507 e. The second kappa shape index (κ2) is 15.1. The normalized spacial score (nSPS) is 10.9. The maximum atomic E-state index is 13.2. The van der Waals surface area contributed by atoms with E-state index in [2.05, 4.69) is 0 Å². The number of aromatic hydroxyl groups is 1. The van der Waals surface area contributed by atoms with Gasteiger partial charge in [0.25, 0.3) is 0 Å². The van der Waals surface area contributed by atoms with Crippen LogP contribution in [0.2, 0.25) is 0 Å². The molecule has 1 N–H and O–H groups in total. The first-order chi connectivity index (χ1) is 19.6. The minimum absolute atomic E-state index is 0.0624. The molecule has 7 nitrogen and oxygen atoms in total. The van der Waals surface area contributed by atoms with E-state index in [9.17, 15) is 9.90 Å².